The molecule has 0 aromatic rings. The highest BCUT2D eigenvalue weighted by Crippen LogP contribution is 2.17. The van der Waals surface area contributed by atoms with Crippen LogP contribution in [0, 0.1) is 0 Å². The molecule has 1 aliphatic rings. The van der Waals surface area contributed by atoms with Crippen LogP contribution in [-0.4, -0.2) is 37.4 Å². The summed E-state index contributed by atoms with van der Waals surface area (Å²) in [7, 11) is 0. The van der Waals surface area contributed by atoms with Gasteiger partial charge >= 0.3 is 11.9 Å². The molecule has 0 saturated carbocycles. The molecule has 1 rings (SSSR count). The molecule has 1 aliphatic heterocycles. The van der Waals surface area contributed by atoms with Gasteiger partial charge in [-0.05, 0) is 0 Å². The Morgan fingerprint density at radius 3 is 2.67 bits per heavy atom. The van der Waals surface area contributed by atoms with E-state index in [2.05, 4.69) is 0 Å². The van der Waals surface area contributed by atoms with E-state index in [1.54, 1.807) is 0 Å². The lowest BCUT2D eigenvalue weighted by atomic mass is 10.1. The lowest BCUT2D eigenvalue weighted by Crippen LogP contribution is -2.35. The first-order chi connectivity index (χ1) is 7.08. The summed E-state index contributed by atoms with van der Waals surface area (Å²) in [5.41, 5.74) is 0. The van der Waals surface area contributed by atoms with Gasteiger partial charge in [0, 0.05) is 26.7 Å². The fourth-order valence-corrected chi connectivity index (χ4v) is 1.51. The Bertz CT molecular complexity index is 238. The van der Waals surface area contributed by atoms with Crippen LogP contribution >= 0.6 is 0 Å². The largest absolute Gasteiger partial charge is 0.463 e. The van der Waals surface area contributed by atoms with E-state index < -0.39 is 0 Å². The van der Waals surface area contributed by atoms with E-state index in [0.29, 0.717) is 19.4 Å². The Morgan fingerprint density at radius 2 is 2.07 bits per heavy atom. The fraction of sp³-hybridized carbons (Fsp3) is 0.800. The van der Waals surface area contributed by atoms with Crippen molar-refractivity contribution in [2.45, 2.75) is 38.9 Å². The molecule has 0 aromatic heterocycles. The SMILES string of the molecule is CC(=O)OC[C@@H]1CC(OC(C)=O)CCO1. The van der Waals surface area contributed by atoms with Crippen LogP contribution in [0.4, 0.5) is 0 Å². The van der Waals surface area contributed by atoms with E-state index in [1.807, 2.05) is 0 Å². The zero-order chi connectivity index (χ0) is 11.3. The molecule has 0 radical (unpaired) electrons. The third-order valence-electron chi connectivity index (χ3n) is 2.12. The first-order valence-electron chi connectivity index (χ1n) is 5.00. The van der Waals surface area contributed by atoms with Crippen molar-refractivity contribution in [1.82, 2.24) is 0 Å². The molecular formula is C10H16O5. The summed E-state index contributed by atoms with van der Waals surface area (Å²) in [4.78, 5) is 21.3. The summed E-state index contributed by atoms with van der Waals surface area (Å²) < 4.78 is 15.3. The quantitative estimate of drug-likeness (QED) is 0.648. The van der Waals surface area contributed by atoms with Gasteiger partial charge < -0.3 is 14.2 Å². The number of hydrogen-bond donors (Lipinski definition) is 0. The lowest BCUT2D eigenvalue weighted by Gasteiger charge is -2.28. The fourth-order valence-electron chi connectivity index (χ4n) is 1.51. The first kappa shape index (κ1) is 12.0. The number of rotatable bonds is 3. The molecule has 0 N–H and O–H groups in total. The summed E-state index contributed by atoms with van der Waals surface area (Å²) in [6, 6.07) is 0. The van der Waals surface area contributed by atoms with E-state index >= 15 is 0 Å². The minimum atomic E-state index is -0.326. The average molecular weight is 216 g/mol. The van der Waals surface area contributed by atoms with Crippen LogP contribution in [0.2, 0.25) is 0 Å². The number of ether oxygens (including phenoxy) is 3. The molecule has 86 valence electrons. The van der Waals surface area contributed by atoms with Gasteiger partial charge in [0.05, 0.1) is 12.7 Å². The Balaban J connectivity index is 2.28. The Hall–Kier alpha value is -1.10. The maximum atomic E-state index is 10.7. The van der Waals surface area contributed by atoms with Gasteiger partial charge in [-0.3, -0.25) is 9.59 Å². The average Bonchev–Trinajstić information content (AvgIpc) is 2.14. The Labute approximate surface area is 88.7 Å². The van der Waals surface area contributed by atoms with Gasteiger partial charge in [0.25, 0.3) is 0 Å². The third-order valence-corrected chi connectivity index (χ3v) is 2.12. The van der Waals surface area contributed by atoms with Gasteiger partial charge in [-0.25, -0.2) is 0 Å². The maximum absolute atomic E-state index is 10.7. The molecule has 1 unspecified atom stereocenters. The second kappa shape index (κ2) is 5.70. The monoisotopic (exact) mass is 216 g/mol. The van der Waals surface area contributed by atoms with Crippen LogP contribution in [0.25, 0.3) is 0 Å². The molecule has 15 heavy (non-hydrogen) atoms. The first-order valence-corrected chi connectivity index (χ1v) is 5.00. The molecule has 0 amide bonds. The predicted molar refractivity (Wildman–Crippen MR) is 51.2 cm³/mol. The van der Waals surface area contributed by atoms with Crippen molar-refractivity contribution in [2.75, 3.05) is 13.2 Å². The van der Waals surface area contributed by atoms with Gasteiger partial charge in [0.2, 0.25) is 0 Å². The number of esters is 2. The predicted octanol–water partition coefficient (Wildman–Crippen LogP) is 0.660. The van der Waals surface area contributed by atoms with Crippen LogP contribution in [-0.2, 0) is 23.8 Å². The molecule has 0 aromatic carbocycles. The van der Waals surface area contributed by atoms with Crippen LogP contribution in [0.3, 0.4) is 0 Å². The highest BCUT2D eigenvalue weighted by atomic mass is 16.6. The van der Waals surface area contributed by atoms with Crippen molar-refractivity contribution < 1.29 is 23.8 Å². The van der Waals surface area contributed by atoms with Gasteiger partial charge in [-0.15, -0.1) is 0 Å². The molecule has 5 heteroatoms. The van der Waals surface area contributed by atoms with Crippen molar-refractivity contribution in [2.24, 2.45) is 0 Å². The standard InChI is InChI=1S/C10H16O5/c1-7(11)14-6-10-5-9(3-4-13-10)15-8(2)12/h9-10H,3-6H2,1-2H3/t9?,10-/m0/s1. The molecule has 5 nitrogen and oxygen atoms in total. The molecule has 1 heterocycles. The smallest absolute Gasteiger partial charge is 0.302 e. The zero-order valence-corrected chi connectivity index (χ0v) is 9.02. The minimum absolute atomic E-state index is 0.114. The Kier molecular flexibility index (Phi) is 4.55. The highest BCUT2D eigenvalue weighted by molar-refractivity contribution is 5.66. The molecule has 1 saturated heterocycles. The van der Waals surface area contributed by atoms with Gasteiger partial charge in [-0.2, -0.15) is 0 Å². The van der Waals surface area contributed by atoms with E-state index in [0.717, 1.165) is 0 Å². The summed E-state index contributed by atoms with van der Waals surface area (Å²) >= 11 is 0. The number of hydrogen-bond acceptors (Lipinski definition) is 5. The van der Waals surface area contributed by atoms with Crippen molar-refractivity contribution in [3.05, 3.63) is 0 Å². The van der Waals surface area contributed by atoms with Crippen molar-refractivity contribution in [1.29, 1.82) is 0 Å². The van der Waals surface area contributed by atoms with E-state index in [4.69, 9.17) is 14.2 Å². The summed E-state index contributed by atoms with van der Waals surface area (Å²) in [5, 5.41) is 0. The molecule has 0 spiro atoms. The number of carbonyl (C=O) groups is 2. The second-order valence-electron chi connectivity index (χ2n) is 3.55. The molecule has 2 atom stereocenters. The molecular weight excluding hydrogens is 200 g/mol. The minimum Gasteiger partial charge on any atom is -0.463 e. The van der Waals surface area contributed by atoms with E-state index in [1.165, 1.54) is 13.8 Å². The van der Waals surface area contributed by atoms with Crippen molar-refractivity contribution >= 4 is 11.9 Å². The topological polar surface area (TPSA) is 61.8 Å². The van der Waals surface area contributed by atoms with Crippen molar-refractivity contribution in [3.8, 4) is 0 Å². The lowest BCUT2D eigenvalue weighted by molar-refractivity contribution is -0.160. The van der Waals surface area contributed by atoms with Gasteiger partial charge in [-0.1, -0.05) is 0 Å². The molecule has 0 aliphatic carbocycles. The maximum Gasteiger partial charge on any atom is 0.302 e. The normalized spacial score (nSPS) is 25.7. The van der Waals surface area contributed by atoms with Gasteiger partial charge in [0.1, 0.15) is 12.7 Å². The third kappa shape index (κ3) is 4.78. The van der Waals surface area contributed by atoms with E-state index in [9.17, 15) is 9.59 Å². The summed E-state index contributed by atoms with van der Waals surface area (Å²) in [6.07, 6.45) is 1.02. The Morgan fingerprint density at radius 1 is 1.33 bits per heavy atom. The summed E-state index contributed by atoms with van der Waals surface area (Å²) in [5.74, 6) is -0.610. The number of carbonyl (C=O) groups excluding carboxylic acids is 2. The van der Waals surface area contributed by atoms with Crippen LogP contribution in [0.5, 0.6) is 0 Å². The highest BCUT2D eigenvalue weighted by Gasteiger charge is 2.25. The summed E-state index contributed by atoms with van der Waals surface area (Å²) in [6.45, 7) is 3.50. The zero-order valence-electron chi connectivity index (χ0n) is 9.02. The van der Waals surface area contributed by atoms with E-state index in [-0.39, 0.29) is 30.8 Å². The van der Waals surface area contributed by atoms with Crippen molar-refractivity contribution in [3.63, 3.8) is 0 Å². The van der Waals surface area contributed by atoms with Crippen LogP contribution in [0.15, 0.2) is 0 Å². The van der Waals surface area contributed by atoms with Crippen LogP contribution < -0.4 is 0 Å². The van der Waals surface area contributed by atoms with Gasteiger partial charge in [0.15, 0.2) is 0 Å². The second-order valence-corrected chi connectivity index (χ2v) is 3.55. The molecule has 0 bridgehead atoms. The molecule has 1 fully saturated rings. The van der Waals surface area contributed by atoms with Crippen LogP contribution in [0.1, 0.15) is 26.7 Å².